The summed E-state index contributed by atoms with van der Waals surface area (Å²) in [5.41, 5.74) is 8.43. The van der Waals surface area contributed by atoms with Gasteiger partial charge in [-0.1, -0.05) is 11.8 Å². The molecular weight excluding hydrogens is 264 g/mol. The smallest absolute Gasteiger partial charge is 0.166 e. The first-order chi connectivity index (χ1) is 8.70. The van der Waals surface area contributed by atoms with Crippen LogP contribution in [0.15, 0.2) is 29.6 Å². The van der Waals surface area contributed by atoms with Crippen LogP contribution < -0.4 is 5.73 Å². The third-order valence-corrected chi connectivity index (χ3v) is 4.52. The number of hydrogen-bond acceptors (Lipinski definition) is 5. The molecule has 0 atom stereocenters. The normalized spacial score (nSPS) is 11.2. The van der Waals surface area contributed by atoms with E-state index in [1.54, 1.807) is 23.1 Å². The lowest BCUT2D eigenvalue weighted by Gasteiger charge is -1.92. The minimum atomic E-state index is 0.751. The molecule has 92 valence electrons. The van der Waals surface area contributed by atoms with Crippen LogP contribution in [-0.2, 0) is 5.75 Å². The zero-order valence-corrected chi connectivity index (χ0v) is 11.4. The van der Waals surface area contributed by atoms with Crippen molar-refractivity contribution >= 4 is 39.8 Å². The zero-order chi connectivity index (χ0) is 12.5. The van der Waals surface area contributed by atoms with Crippen molar-refractivity contribution in [2.75, 3.05) is 5.73 Å². The second-order valence-electron chi connectivity index (χ2n) is 3.95. The van der Waals surface area contributed by atoms with E-state index in [2.05, 4.69) is 15.0 Å². The van der Waals surface area contributed by atoms with Crippen LogP contribution in [-0.4, -0.2) is 15.0 Å². The van der Waals surface area contributed by atoms with Gasteiger partial charge in [0, 0.05) is 22.5 Å². The van der Waals surface area contributed by atoms with Gasteiger partial charge in [0.2, 0.25) is 0 Å². The SMILES string of the molecule is Cc1ncc(CSc2nc3ccc(N)cc3[nH]2)s1. The summed E-state index contributed by atoms with van der Waals surface area (Å²) >= 11 is 3.40. The number of aromatic nitrogens is 3. The number of thioether (sulfide) groups is 1. The third-order valence-electron chi connectivity index (χ3n) is 2.50. The fraction of sp³-hybridized carbons (Fsp3) is 0.167. The maximum atomic E-state index is 5.74. The molecule has 2 heterocycles. The van der Waals surface area contributed by atoms with Gasteiger partial charge in [-0.25, -0.2) is 9.97 Å². The van der Waals surface area contributed by atoms with Crippen LogP contribution in [0.1, 0.15) is 9.88 Å². The van der Waals surface area contributed by atoms with E-state index in [-0.39, 0.29) is 0 Å². The monoisotopic (exact) mass is 276 g/mol. The molecule has 0 radical (unpaired) electrons. The number of aryl methyl sites for hydroxylation is 1. The molecule has 3 rings (SSSR count). The number of anilines is 1. The van der Waals surface area contributed by atoms with E-state index in [9.17, 15) is 0 Å². The van der Waals surface area contributed by atoms with Crippen molar-refractivity contribution in [3.05, 3.63) is 34.3 Å². The number of nitrogens with one attached hydrogen (secondary N) is 1. The van der Waals surface area contributed by atoms with E-state index in [0.29, 0.717) is 0 Å². The van der Waals surface area contributed by atoms with Gasteiger partial charge < -0.3 is 10.7 Å². The highest BCUT2D eigenvalue weighted by atomic mass is 32.2. The molecule has 0 bridgehead atoms. The van der Waals surface area contributed by atoms with Gasteiger partial charge in [0.05, 0.1) is 16.0 Å². The standard InChI is InChI=1S/C12H12N4S2/c1-7-14-5-9(18-7)6-17-12-15-10-3-2-8(13)4-11(10)16-12/h2-5H,6,13H2,1H3,(H,15,16). The van der Waals surface area contributed by atoms with E-state index >= 15 is 0 Å². The number of thiazole rings is 1. The van der Waals surface area contributed by atoms with E-state index in [0.717, 1.165) is 32.6 Å². The number of rotatable bonds is 3. The molecule has 0 saturated carbocycles. The largest absolute Gasteiger partial charge is 0.399 e. The molecule has 0 aliphatic carbocycles. The van der Waals surface area contributed by atoms with Crippen LogP contribution in [0.4, 0.5) is 5.69 Å². The lowest BCUT2D eigenvalue weighted by molar-refractivity contribution is 1.08. The first-order valence-electron chi connectivity index (χ1n) is 5.50. The Labute approximate surface area is 113 Å². The highest BCUT2D eigenvalue weighted by Crippen LogP contribution is 2.26. The van der Waals surface area contributed by atoms with Crippen LogP contribution in [0.5, 0.6) is 0 Å². The summed E-state index contributed by atoms with van der Waals surface area (Å²) in [6.45, 7) is 2.02. The Morgan fingerprint density at radius 1 is 1.44 bits per heavy atom. The molecule has 18 heavy (non-hydrogen) atoms. The Kier molecular flexibility index (Phi) is 2.97. The van der Waals surface area contributed by atoms with Crippen molar-refractivity contribution in [3.8, 4) is 0 Å². The van der Waals surface area contributed by atoms with Crippen molar-refractivity contribution in [1.82, 2.24) is 15.0 Å². The molecule has 0 saturated heterocycles. The highest BCUT2D eigenvalue weighted by molar-refractivity contribution is 7.98. The predicted molar refractivity (Wildman–Crippen MR) is 76.9 cm³/mol. The van der Waals surface area contributed by atoms with Crippen molar-refractivity contribution in [3.63, 3.8) is 0 Å². The number of fused-ring (bicyclic) bond motifs is 1. The Morgan fingerprint density at radius 3 is 3.11 bits per heavy atom. The van der Waals surface area contributed by atoms with Gasteiger partial charge in [-0.3, -0.25) is 0 Å². The van der Waals surface area contributed by atoms with Crippen molar-refractivity contribution in [2.45, 2.75) is 17.8 Å². The summed E-state index contributed by atoms with van der Waals surface area (Å²) in [5.74, 6) is 0.890. The minimum Gasteiger partial charge on any atom is -0.399 e. The number of hydrogen-bond donors (Lipinski definition) is 2. The predicted octanol–water partition coefficient (Wildman–Crippen LogP) is 3.20. The Hall–Kier alpha value is -1.53. The van der Waals surface area contributed by atoms with Crippen molar-refractivity contribution in [2.24, 2.45) is 0 Å². The summed E-state index contributed by atoms with van der Waals surface area (Å²) < 4.78 is 0. The molecule has 0 unspecified atom stereocenters. The Morgan fingerprint density at radius 2 is 2.33 bits per heavy atom. The van der Waals surface area contributed by atoms with Gasteiger partial charge >= 0.3 is 0 Å². The molecule has 0 aliphatic rings. The number of aromatic amines is 1. The Bertz CT molecular complexity index is 686. The second kappa shape index (κ2) is 4.62. The molecule has 0 fully saturated rings. The molecule has 3 aromatic rings. The quantitative estimate of drug-likeness (QED) is 0.569. The molecule has 3 N–H and O–H groups in total. The number of benzene rings is 1. The number of nitrogens with two attached hydrogens (primary N) is 1. The summed E-state index contributed by atoms with van der Waals surface area (Å²) in [7, 11) is 0. The van der Waals surface area contributed by atoms with Crippen LogP contribution in [0.3, 0.4) is 0 Å². The third kappa shape index (κ3) is 2.34. The second-order valence-corrected chi connectivity index (χ2v) is 6.24. The number of H-pyrrole nitrogens is 1. The van der Waals surface area contributed by atoms with Crippen molar-refractivity contribution in [1.29, 1.82) is 0 Å². The van der Waals surface area contributed by atoms with Crippen LogP contribution in [0, 0.1) is 6.92 Å². The number of imidazole rings is 1. The van der Waals surface area contributed by atoms with Crippen LogP contribution in [0.25, 0.3) is 11.0 Å². The van der Waals surface area contributed by atoms with Gasteiger partial charge in [-0.15, -0.1) is 11.3 Å². The first kappa shape index (κ1) is 11.6. The molecule has 2 aromatic heterocycles. The maximum Gasteiger partial charge on any atom is 0.166 e. The summed E-state index contributed by atoms with van der Waals surface area (Å²) in [6.07, 6.45) is 1.92. The van der Waals surface area contributed by atoms with Crippen LogP contribution >= 0.6 is 23.1 Å². The van der Waals surface area contributed by atoms with Crippen LogP contribution in [0.2, 0.25) is 0 Å². The van der Waals surface area contributed by atoms with Gasteiger partial charge in [-0.2, -0.15) is 0 Å². The lowest BCUT2D eigenvalue weighted by atomic mass is 10.3. The Balaban J connectivity index is 1.78. The average molecular weight is 276 g/mol. The molecule has 6 heteroatoms. The topological polar surface area (TPSA) is 67.6 Å². The molecule has 0 spiro atoms. The van der Waals surface area contributed by atoms with Gasteiger partial charge in [-0.05, 0) is 25.1 Å². The molecule has 0 amide bonds. The van der Waals surface area contributed by atoms with Gasteiger partial charge in [0.1, 0.15) is 0 Å². The van der Waals surface area contributed by atoms with E-state index in [4.69, 9.17) is 5.73 Å². The number of nitrogen functional groups attached to an aromatic ring is 1. The molecular formula is C12H12N4S2. The zero-order valence-electron chi connectivity index (χ0n) is 9.80. The van der Waals surface area contributed by atoms with Crippen molar-refractivity contribution < 1.29 is 0 Å². The van der Waals surface area contributed by atoms with E-state index in [1.807, 2.05) is 31.3 Å². The fourth-order valence-corrected chi connectivity index (χ4v) is 3.39. The maximum absolute atomic E-state index is 5.74. The number of nitrogens with zero attached hydrogens (tertiary/aromatic N) is 2. The van der Waals surface area contributed by atoms with E-state index < -0.39 is 0 Å². The first-order valence-corrected chi connectivity index (χ1v) is 7.30. The molecule has 0 aliphatic heterocycles. The summed E-state index contributed by atoms with van der Waals surface area (Å²) in [4.78, 5) is 13.3. The molecule has 1 aromatic carbocycles. The summed E-state index contributed by atoms with van der Waals surface area (Å²) in [6, 6.07) is 5.70. The fourth-order valence-electron chi connectivity index (χ4n) is 1.68. The molecule has 4 nitrogen and oxygen atoms in total. The minimum absolute atomic E-state index is 0.751. The van der Waals surface area contributed by atoms with E-state index in [1.165, 1.54) is 4.88 Å². The lowest BCUT2D eigenvalue weighted by Crippen LogP contribution is -1.82. The van der Waals surface area contributed by atoms with Gasteiger partial charge in [0.25, 0.3) is 0 Å². The highest BCUT2D eigenvalue weighted by Gasteiger charge is 2.05. The average Bonchev–Trinajstić information content (AvgIpc) is 2.92. The van der Waals surface area contributed by atoms with Gasteiger partial charge in [0.15, 0.2) is 5.16 Å². The summed E-state index contributed by atoms with van der Waals surface area (Å²) in [5, 5.41) is 2.02.